The van der Waals surface area contributed by atoms with Gasteiger partial charge in [0, 0.05) is 57.2 Å². The summed E-state index contributed by atoms with van der Waals surface area (Å²) in [6.45, 7) is 4.00. The van der Waals surface area contributed by atoms with Crippen LogP contribution in [0.1, 0.15) is 36.3 Å². The number of nitrogens with one attached hydrogen (secondary N) is 3. The lowest BCUT2D eigenvalue weighted by Crippen LogP contribution is -2.10. The van der Waals surface area contributed by atoms with Crippen LogP contribution in [0.25, 0.3) is 22.0 Å². The van der Waals surface area contributed by atoms with E-state index in [9.17, 15) is 9.90 Å². The van der Waals surface area contributed by atoms with E-state index in [4.69, 9.17) is 23.2 Å². The van der Waals surface area contributed by atoms with Crippen LogP contribution in [0.4, 0.5) is 0 Å². The third-order valence-corrected chi connectivity index (χ3v) is 5.64. The third-order valence-electron chi connectivity index (χ3n) is 5.13. The van der Waals surface area contributed by atoms with E-state index in [1.807, 2.05) is 63.5 Å². The molecule has 4 rings (SSSR count). The number of aromatic amines is 2. The van der Waals surface area contributed by atoms with Crippen molar-refractivity contribution in [2.75, 3.05) is 7.05 Å². The first-order chi connectivity index (χ1) is 15.0. The fourth-order valence-corrected chi connectivity index (χ4v) is 4.02. The number of carbonyl (C=O) groups is 1. The summed E-state index contributed by atoms with van der Waals surface area (Å²) >= 11 is 12.4. The summed E-state index contributed by atoms with van der Waals surface area (Å²) in [4.78, 5) is 18.1. The maximum absolute atomic E-state index is 11.9. The highest BCUT2D eigenvalue weighted by Gasteiger charge is 2.22. The van der Waals surface area contributed by atoms with Crippen molar-refractivity contribution in [2.24, 2.45) is 0 Å². The van der Waals surface area contributed by atoms with Gasteiger partial charge in [0.05, 0.1) is 0 Å². The topological polar surface area (TPSA) is 80.9 Å². The van der Waals surface area contributed by atoms with Gasteiger partial charge in [-0.15, -0.1) is 0 Å². The van der Waals surface area contributed by atoms with E-state index in [0.717, 1.165) is 38.9 Å². The van der Waals surface area contributed by atoms with Crippen molar-refractivity contribution >= 4 is 40.1 Å². The average molecular weight is 458 g/mol. The van der Waals surface area contributed by atoms with Crippen molar-refractivity contribution in [3.63, 3.8) is 0 Å². The molecule has 0 radical (unpaired) electrons. The van der Waals surface area contributed by atoms with Gasteiger partial charge in [0.15, 0.2) is 0 Å². The Kier molecular flexibility index (Phi) is 7.31. The molecule has 0 aliphatic heterocycles. The molecule has 7 heteroatoms. The highest BCUT2D eigenvalue weighted by atomic mass is 35.5. The van der Waals surface area contributed by atoms with Crippen molar-refractivity contribution in [3.8, 4) is 11.1 Å². The van der Waals surface area contributed by atoms with E-state index < -0.39 is 5.97 Å². The molecule has 0 bridgehead atoms. The van der Waals surface area contributed by atoms with Gasteiger partial charge in [-0.3, -0.25) is 0 Å². The van der Waals surface area contributed by atoms with Gasteiger partial charge in [0.1, 0.15) is 5.69 Å². The number of benzene rings is 1. The van der Waals surface area contributed by atoms with Crippen molar-refractivity contribution in [1.82, 2.24) is 15.3 Å². The van der Waals surface area contributed by atoms with E-state index in [2.05, 4.69) is 15.3 Å². The molecule has 4 N–H and O–H groups in total. The Labute approximate surface area is 191 Å². The Bertz CT molecular complexity index is 1200. The van der Waals surface area contributed by atoms with Gasteiger partial charge >= 0.3 is 5.97 Å². The number of allylic oxidation sites excluding steroid dienone is 5. The molecule has 0 amide bonds. The molecule has 1 aliphatic rings. The molecular formula is C24H25Cl2N3O2. The molecule has 2 aromatic heterocycles. The maximum atomic E-state index is 11.9. The second-order valence-corrected chi connectivity index (χ2v) is 7.70. The minimum atomic E-state index is -0.992. The Morgan fingerprint density at radius 2 is 1.87 bits per heavy atom. The summed E-state index contributed by atoms with van der Waals surface area (Å²) in [6.07, 6.45) is 10.4. The van der Waals surface area contributed by atoms with Gasteiger partial charge in [-0.1, -0.05) is 43.1 Å². The molecule has 1 aliphatic carbocycles. The number of hydrogen-bond acceptors (Lipinski definition) is 2. The second-order valence-electron chi connectivity index (χ2n) is 6.82. The van der Waals surface area contributed by atoms with Gasteiger partial charge in [0.25, 0.3) is 0 Å². The van der Waals surface area contributed by atoms with E-state index in [-0.39, 0.29) is 5.69 Å². The summed E-state index contributed by atoms with van der Waals surface area (Å²) in [5.74, 6) is -0.992. The van der Waals surface area contributed by atoms with E-state index >= 15 is 0 Å². The van der Waals surface area contributed by atoms with Gasteiger partial charge in [-0.2, -0.15) is 0 Å². The molecule has 1 aromatic carbocycles. The van der Waals surface area contributed by atoms with E-state index in [0.29, 0.717) is 22.9 Å². The normalized spacial score (nSPS) is 13.5. The minimum Gasteiger partial charge on any atom is -0.477 e. The summed E-state index contributed by atoms with van der Waals surface area (Å²) in [7, 11) is 1.84. The number of fused-ring (bicyclic) bond motifs is 1. The molecule has 162 valence electrons. The smallest absolute Gasteiger partial charge is 0.352 e. The predicted molar refractivity (Wildman–Crippen MR) is 129 cm³/mol. The zero-order valence-corrected chi connectivity index (χ0v) is 19.2. The van der Waals surface area contributed by atoms with Crippen LogP contribution in [0, 0.1) is 0 Å². The fourth-order valence-electron chi connectivity index (χ4n) is 3.70. The third kappa shape index (κ3) is 4.73. The van der Waals surface area contributed by atoms with Gasteiger partial charge < -0.3 is 20.4 Å². The minimum absolute atomic E-state index is 0.183. The molecule has 2 heterocycles. The number of carboxylic acids is 1. The van der Waals surface area contributed by atoms with Crippen LogP contribution >= 0.6 is 23.2 Å². The van der Waals surface area contributed by atoms with Crippen LogP contribution in [0.15, 0.2) is 65.1 Å². The Hall–Kier alpha value is -2.89. The summed E-state index contributed by atoms with van der Waals surface area (Å²) in [5.41, 5.74) is 5.58. The molecule has 0 fully saturated rings. The quantitative estimate of drug-likeness (QED) is 0.346. The van der Waals surface area contributed by atoms with Crippen LogP contribution in [0.2, 0.25) is 5.02 Å². The molecule has 0 saturated carbocycles. The van der Waals surface area contributed by atoms with Crippen LogP contribution in [0.3, 0.4) is 0 Å². The molecule has 0 spiro atoms. The standard InChI is InChI=1S/C22H19Cl2N3O2.C2H6/c1-25-19-6-4-13(23)3-2-12(19)8-16-18(11-27-21(16)22(28)29)17-10-26-20-7-5-14(24)9-15(17)20;1-2/h3-7,9-11,25-27H,2,8H2,1H3,(H,28,29);1-2H3. The first kappa shape index (κ1) is 22.8. The maximum Gasteiger partial charge on any atom is 0.352 e. The largest absolute Gasteiger partial charge is 0.477 e. The van der Waals surface area contributed by atoms with Crippen LogP contribution in [-0.2, 0) is 6.42 Å². The molecule has 31 heavy (non-hydrogen) atoms. The zero-order chi connectivity index (χ0) is 22.5. The van der Waals surface area contributed by atoms with Crippen LogP contribution < -0.4 is 5.32 Å². The molecule has 0 saturated heterocycles. The fraction of sp³-hybridized carbons (Fsp3) is 0.208. The lowest BCUT2D eigenvalue weighted by Gasteiger charge is -2.12. The molecular weight excluding hydrogens is 433 g/mol. The number of likely N-dealkylation sites (N-methyl/N-ethyl adjacent to an activating group) is 1. The van der Waals surface area contributed by atoms with Gasteiger partial charge in [-0.25, -0.2) is 4.79 Å². The summed E-state index contributed by atoms with van der Waals surface area (Å²) < 4.78 is 0. The predicted octanol–water partition coefficient (Wildman–Crippen LogP) is 6.64. The highest BCUT2D eigenvalue weighted by Crippen LogP contribution is 2.36. The zero-order valence-electron chi connectivity index (χ0n) is 17.6. The van der Waals surface area contributed by atoms with Crippen molar-refractivity contribution < 1.29 is 9.90 Å². The number of H-pyrrole nitrogens is 2. The molecule has 0 atom stereocenters. The monoisotopic (exact) mass is 457 g/mol. The average Bonchev–Trinajstić information content (AvgIpc) is 3.31. The van der Waals surface area contributed by atoms with Crippen LogP contribution in [-0.4, -0.2) is 28.1 Å². The first-order valence-corrected chi connectivity index (χ1v) is 10.9. The lowest BCUT2D eigenvalue weighted by atomic mass is 9.94. The van der Waals surface area contributed by atoms with Crippen molar-refractivity contribution in [3.05, 3.63) is 81.4 Å². The number of halogens is 2. The van der Waals surface area contributed by atoms with Gasteiger partial charge in [-0.05, 0) is 54.3 Å². The summed E-state index contributed by atoms with van der Waals surface area (Å²) in [5, 5.41) is 15.2. The Morgan fingerprint density at radius 3 is 2.58 bits per heavy atom. The number of hydrogen-bond donors (Lipinski definition) is 4. The molecule has 5 nitrogen and oxygen atoms in total. The SMILES string of the molecule is CC.CNC1=C(Cc2c(-c3c[nH]c4ccc(Cl)cc34)c[nH]c2C(=O)O)CC=C(Cl)C=C1. The lowest BCUT2D eigenvalue weighted by molar-refractivity contribution is 0.0690. The van der Waals surface area contributed by atoms with Gasteiger partial charge in [0.2, 0.25) is 0 Å². The summed E-state index contributed by atoms with van der Waals surface area (Å²) in [6, 6.07) is 5.62. The first-order valence-electron chi connectivity index (χ1n) is 10.1. The van der Waals surface area contributed by atoms with Crippen LogP contribution in [0.5, 0.6) is 0 Å². The molecule has 3 aromatic rings. The van der Waals surface area contributed by atoms with E-state index in [1.54, 1.807) is 6.20 Å². The number of aromatic carboxylic acids is 1. The molecule has 0 unspecified atom stereocenters. The van der Waals surface area contributed by atoms with Crippen molar-refractivity contribution in [2.45, 2.75) is 26.7 Å². The Morgan fingerprint density at radius 1 is 1.13 bits per heavy atom. The Balaban J connectivity index is 0.00000132. The second kappa shape index (κ2) is 9.94. The number of rotatable bonds is 5. The number of carboxylic acid groups (broad SMARTS) is 1. The van der Waals surface area contributed by atoms with Crippen molar-refractivity contribution in [1.29, 1.82) is 0 Å². The van der Waals surface area contributed by atoms with E-state index in [1.165, 1.54) is 0 Å². The number of aromatic nitrogens is 2. The highest BCUT2D eigenvalue weighted by molar-refractivity contribution is 6.31.